The van der Waals surface area contributed by atoms with Crippen LogP contribution in [-0.2, 0) is 4.79 Å². The number of carbonyl (C=O) groups is 1. The average molecular weight is 366 g/mol. The molecule has 6 heteroatoms. The molecule has 0 fully saturated rings. The Morgan fingerprint density at radius 2 is 2.19 bits per heavy atom. The van der Waals surface area contributed by atoms with Crippen LogP contribution in [0, 0.1) is 6.92 Å². The van der Waals surface area contributed by atoms with E-state index in [9.17, 15) is 4.79 Å². The number of hydrogen-bond acceptors (Lipinski definition) is 4. The van der Waals surface area contributed by atoms with E-state index in [4.69, 9.17) is 5.73 Å². The van der Waals surface area contributed by atoms with Crippen molar-refractivity contribution in [3.05, 3.63) is 46.6 Å². The average Bonchev–Trinajstić information content (AvgIpc) is 2.44. The maximum atomic E-state index is 12.3. The summed E-state index contributed by atoms with van der Waals surface area (Å²) in [5.41, 5.74) is 8.12. The maximum absolute atomic E-state index is 12.3. The molecule has 1 unspecified atom stereocenters. The summed E-state index contributed by atoms with van der Waals surface area (Å²) in [5.74, 6) is -0.0644. The van der Waals surface area contributed by atoms with Gasteiger partial charge in [0.25, 0.3) is 0 Å². The predicted molar refractivity (Wildman–Crippen MR) is 91.5 cm³/mol. The molecule has 1 amide bonds. The first-order valence-electron chi connectivity index (χ1n) is 6.41. The molecule has 0 saturated carbocycles. The smallest absolute Gasteiger partial charge is 0.237 e. The van der Waals surface area contributed by atoms with Gasteiger partial charge in [-0.05, 0) is 65.7 Å². The van der Waals surface area contributed by atoms with Crippen LogP contribution in [0.4, 0.5) is 11.4 Å². The van der Waals surface area contributed by atoms with Crippen LogP contribution in [0.25, 0.3) is 0 Å². The van der Waals surface area contributed by atoms with E-state index in [1.54, 1.807) is 12.3 Å². The topological polar surface area (TPSA) is 68.0 Å². The van der Waals surface area contributed by atoms with E-state index >= 15 is 0 Å². The molecule has 3 N–H and O–H groups in total. The standard InChI is InChI=1S/C15H16BrN3OS/c1-9-8-11(17)5-6-13(9)19-14(20)10(2)21-15-12(16)4-3-7-18-15/h3-8,10H,17H2,1-2H3,(H,19,20). The quantitative estimate of drug-likeness (QED) is 0.637. The monoisotopic (exact) mass is 365 g/mol. The number of pyridine rings is 1. The number of amides is 1. The van der Waals surface area contributed by atoms with Gasteiger partial charge in [-0.3, -0.25) is 4.79 Å². The Balaban J connectivity index is 2.04. The summed E-state index contributed by atoms with van der Waals surface area (Å²) in [6.45, 7) is 3.77. The summed E-state index contributed by atoms with van der Waals surface area (Å²) < 4.78 is 0.887. The normalized spacial score (nSPS) is 12.0. The van der Waals surface area contributed by atoms with Crippen molar-refractivity contribution >= 4 is 45.0 Å². The Bertz CT molecular complexity index is 663. The van der Waals surface area contributed by atoms with Gasteiger partial charge < -0.3 is 11.1 Å². The summed E-state index contributed by atoms with van der Waals surface area (Å²) >= 11 is 4.84. The molecule has 0 aliphatic carbocycles. The SMILES string of the molecule is Cc1cc(N)ccc1NC(=O)C(C)Sc1ncccc1Br. The molecular weight excluding hydrogens is 350 g/mol. The number of aryl methyl sites for hydroxylation is 1. The lowest BCUT2D eigenvalue weighted by molar-refractivity contribution is -0.115. The molecule has 0 saturated heterocycles. The van der Waals surface area contributed by atoms with Crippen molar-refractivity contribution in [1.29, 1.82) is 0 Å². The van der Waals surface area contributed by atoms with E-state index in [0.717, 1.165) is 20.7 Å². The highest BCUT2D eigenvalue weighted by Gasteiger charge is 2.17. The summed E-state index contributed by atoms with van der Waals surface area (Å²) in [7, 11) is 0. The highest BCUT2D eigenvalue weighted by Crippen LogP contribution is 2.29. The third-order valence-corrected chi connectivity index (χ3v) is 4.91. The fourth-order valence-corrected chi connectivity index (χ4v) is 3.08. The third kappa shape index (κ3) is 4.22. The van der Waals surface area contributed by atoms with Gasteiger partial charge in [-0.1, -0.05) is 11.8 Å². The van der Waals surface area contributed by atoms with Crippen LogP contribution in [0.2, 0.25) is 0 Å². The van der Waals surface area contributed by atoms with Gasteiger partial charge in [0.1, 0.15) is 5.03 Å². The number of carbonyl (C=O) groups excluding carboxylic acids is 1. The molecule has 1 atom stereocenters. The zero-order chi connectivity index (χ0) is 15.4. The van der Waals surface area contributed by atoms with Crippen LogP contribution in [0.3, 0.4) is 0 Å². The maximum Gasteiger partial charge on any atom is 0.237 e. The van der Waals surface area contributed by atoms with Crippen molar-refractivity contribution < 1.29 is 4.79 Å². The molecule has 1 aromatic carbocycles. The fourth-order valence-electron chi connectivity index (χ4n) is 1.74. The molecule has 2 rings (SSSR count). The Hall–Kier alpha value is -1.53. The molecule has 0 aliphatic rings. The minimum Gasteiger partial charge on any atom is -0.399 e. The molecule has 1 aromatic heterocycles. The second-order valence-electron chi connectivity index (χ2n) is 4.61. The molecule has 0 radical (unpaired) electrons. The van der Waals surface area contributed by atoms with Crippen molar-refractivity contribution in [3.63, 3.8) is 0 Å². The Morgan fingerprint density at radius 3 is 2.86 bits per heavy atom. The van der Waals surface area contributed by atoms with Crippen molar-refractivity contribution in [2.45, 2.75) is 24.1 Å². The van der Waals surface area contributed by atoms with E-state index in [0.29, 0.717) is 5.69 Å². The highest BCUT2D eigenvalue weighted by molar-refractivity contribution is 9.10. The van der Waals surface area contributed by atoms with Gasteiger partial charge in [0, 0.05) is 22.0 Å². The van der Waals surface area contributed by atoms with E-state index in [1.807, 2.05) is 38.1 Å². The zero-order valence-electron chi connectivity index (χ0n) is 11.8. The minimum absolute atomic E-state index is 0.0644. The van der Waals surface area contributed by atoms with Crippen molar-refractivity contribution in [2.24, 2.45) is 0 Å². The van der Waals surface area contributed by atoms with Gasteiger partial charge in [0.2, 0.25) is 5.91 Å². The second kappa shape index (κ2) is 6.95. The summed E-state index contributed by atoms with van der Waals surface area (Å²) in [4.78, 5) is 16.5. The number of nitrogen functional groups attached to an aromatic ring is 1. The Morgan fingerprint density at radius 1 is 1.43 bits per heavy atom. The highest BCUT2D eigenvalue weighted by atomic mass is 79.9. The molecule has 4 nitrogen and oxygen atoms in total. The number of nitrogens with one attached hydrogen (secondary N) is 1. The Labute approximate surface area is 136 Å². The Kier molecular flexibility index (Phi) is 5.25. The third-order valence-electron chi connectivity index (χ3n) is 2.89. The van der Waals surface area contributed by atoms with Gasteiger partial charge in [0.15, 0.2) is 0 Å². The number of anilines is 2. The van der Waals surface area contributed by atoms with Gasteiger partial charge >= 0.3 is 0 Å². The zero-order valence-corrected chi connectivity index (χ0v) is 14.2. The summed E-state index contributed by atoms with van der Waals surface area (Å²) in [6, 6.07) is 9.18. The first kappa shape index (κ1) is 15.9. The largest absolute Gasteiger partial charge is 0.399 e. The molecule has 0 aliphatic heterocycles. The lowest BCUT2D eigenvalue weighted by Crippen LogP contribution is -2.23. The number of rotatable bonds is 4. The first-order chi connectivity index (χ1) is 9.97. The predicted octanol–water partition coefficient (Wildman–Crippen LogP) is 3.85. The van der Waals surface area contributed by atoms with E-state index in [-0.39, 0.29) is 11.2 Å². The van der Waals surface area contributed by atoms with Crippen LogP contribution in [-0.4, -0.2) is 16.1 Å². The summed E-state index contributed by atoms with van der Waals surface area (Å²) in [5, 5.41) is 3.46. The van der Waals surface area contributed by atoms with Gasteiger partial charge in [-0.15, -0.1) is 0 Å². The van der Waals surface area contributed by atoms with Crippen LogP contribution in [0.1, 0.15) is 12.5 Å². The number of thioether (sulfide) groups is 1. The fraction of sp³-hybridized carbons (Fsp3) is 0.200. The molecule has 21 heavy (non-hydrogen) atoms. The summed E-state index contributed by atoms with van der Waals surface area (Å²) in [6.07, 6.45) is 1.71. The molecule has 2 aromatic rings. The molecule has 0 spiro atoms. The van der Waals surface area contributed by atoms with E-state index in [2.05, 4.69) is 26.2 Å². The van der Waals surface area contributed by atoms with Crippen LogP contribution >= 0.6 is 27.7 Å². The number of benzene rings is 1. The van der Waals surface area contributed by atoms with Gasteiger partial charge in [-0.2, -0.15) is 0 Å². The lowest BCUT2D eigenvalue weighted by atomic mass is 10.2. The number of hydrogen-bond donors (Lipinski definition) is 2. The molecule has 1 heterocycles. The number of nitrogens with two attached hydrogens (primary N) is 1. The van der Waals surface area contributed by atoms with Crippen molar-refractivity contribution in [2.75, 3.05) is 11.1 Å². The van der Waals surface area contributed by atoms with Gasteiger partial charge in [0.05, 0.1) is 5.25 Å². The minimum atomic E-state index is -0.256. The first-order valence-corrected chi connectivity index (χ1v) is 8.09. The van der Waals surface area contributed by atoms with Crippen LogP contribution in [0.15, 0.2) is 46.0 Å². The van der Waals surface area contributed by atoms with Crippen molar-refractivity contribution in [3.8, 4) is 0 Å². The number of nitrogens with zero attached hydrogens (tertiary/aromatic N) is 1. The molecule has 0 bridgehead atoms. The van der Waals surface area contributed by atoms with Crippen LogP contribution in [0.5, 0.6) is 0 Å². The molecular formula is C15H16BrN3OS. The number of aromatic nitrogens is 1. The van der Waals surface area contributed by atoms with E-state index < -0.39 is 0 Å². The van der Waals surface area contributed by atoms with Crippen LogP contribution < -0.4 is 11.1 Å². The van der Waals surface area contributed by atoms with E-state index in [1.165, 1.54) is 11.8 Å². The van der Waals surface area contributed by atoms with Crippen molar-refractivity contribution in [1.82, 2.24) is 4.98 Å². The van der Waals surface area contributed by atoms with Gasteiger partial charge in [-0.25, -0.2) is 4.98 Å². The number of halogens is 1. The molecule has 110 valence electrons. The second-order valence-corrected chi connectivity index (χ2v) is 6.80. The lowest BCUT2D eigenvalue weighted by Gasteiger charge is -2.14.